The van der Waals surface area contributed by atoms with Gasteiger partial charge in [0.1, 0.15) is 5.56 Å². The second-order valence-corrected chi connectivity index (χ2v) is 4.92. The SMILES string of the molecule is O=C1c2ccc(O)c(O)c2C(=O)c2cc([N+](=O)[O-])cc([N+](=O)[O-])c21. The zero-order valence-corrected chi connectivity index (χ0v) is 11.5. The molecular formula is C14H6N2O8. The molecule has 1 aliphatic rings. The zero-order chi connectivity index (χ0) is 17.8. The number of benzene rings is 2. The lowest BCUT2D eigenvalue weighted by atomic mass is 9.82. The summed E-state index contributed by atoms with van der Waals surface area (Å²) in [5.41, 5.74) is -3.68. The Morgan fingerprint density at radius 3 is 2.04 bits per heavy atom. The number of aromatic hydroxyl groups is 2. The van der Waals surface area contributed by atoms with Gasteiger partial charge in [-0.25, -0.2) is 0 Å². The van der Waals surface area contributed by atoms with Crippen LogP contribution in [0.2, 0.25) is 0 Å². The highest BCUT2D eigenvalue weighted by molar-refractivity contribution is 6.31. The molecule has 0 bridgehead atoms. The van der Waals surface area contributed by atoms with Crippen LogP contribution in [0.15, 0.2) is 24.3 Å². The number of carbonyl (C=O) groups is 2. The van der Waals surface area contributed by atoms with Crippen LogP contribution in [0, 0.1) is 20.2 Å². The monoisotopic (exact) mass is 330 g/mol. The first kappa shape index (κ1) is 15.1. The number of nitro benzene ring substituents is 2. The van der Waals surface area contributed by atoms with Crippen molar-refractivity contribution in [2.24, 2.45) is 0 Å². The number of phenolic OH excluding ortho intramolecular Hbond substituents is 2. The minimum atomic E-state index is -1.03. The fourth-order valence-corrected chi connectivity index (χ4v) is 2.55. The number of carbonyl (C=O) groups excluding carboxylic acids is 2. The van der Waals surface area contributed by atoms with E-state index in [-0.39, 0.29) is 5.56 Å². The lowest BCUT2D eigenvalue weighted by molar-refractivity contribution is -0.394. The highest BCUT2D eigenvalue weighted by Crippen LogP contribution is 2.41. The van der Waals surface area contributed by atoms with E-state index in [1.165, 1.54) is 0 Å². The normalized spacial score (nSPS) is 12.5. The summed E-state index contributed by atoms with van der Waals surface area (Å²) >= 11 is 0. The van der Waals surface area contributed by atoms with Crippen LogP contribution in [0.4, 0.5) is 11.4 Å². The second kappa shape index (κ2) is 4.84. The number of fused-ring (bicyclic) bond motifs is 2. The summed E-state index contributed by atoms with van der Waals surface area (Å²) in [6.45, 7) is 0. The quantitative estimate of drug-likeness (QED) is 0.407. The number of nitro groups is 2. The molecule has 0 aliphatic heterocycles. The van der Waals surface area contributed by atoms with Crippen LogP contribution in [0.1, 0.15) is 31.8 Å². The Bertz CT molecular complexity index is 979. The van der Waals surface area contributed by atoms with Gasteiger partial charge in [0.05, 0.1) is 21.5 Å². The highest BCUT2D eigenvalue weighted by Gasteiger charge is 2.39. The molecule has 10 nitrogen and oxygen atoms in total. The van der Waals surface area contributed by atoms with E-state index >= 15 is 0 Å². The molecule has 0 aromatic heterocycles. The standard InChI is InChI=1S/C14H6N2O8/c17-9-2-1-6-11(14(9)20)13(19)7-3-5(15(21)22)4-8(16(23)24)10(7)12(6)18/h1-4,17,20H. The Labute approximate surface area is 131 Å². The predicted octanol–water partition coefficient (Wildman–Crippen LogP) is 1.69. The molecule has 120 valence electrons. The summed E-state index contributed by atoms with van der Waals surface area (Å²) in [6.07, 6.45) is 0. The largest absolute Gasteiger partial charge is 0.504 e. The summed E-state index contributed by atoms with van der Waals surface area (Å²) in [6, 6.07) is 3.32. The van der Waals surface area contributed by atoms with Gasteiger partial charge in [-0.15, -0.1) is 0 Å². The van der Waals surface area contributed by atoms with Crippen LogP contribution >= 0.6 is 0 Å². The molecule has 2 aromatic rings. The Hall–Kier alpha value is -3.82. The van der Waals surface area contributed by atoms with Gasteiger partial charge in [0.2, 0.25) is 5.78 Å². The third-order valence-electron chi connectivity index (χ3n) is 3.61. The molecule has 0 atom stereocenters. The van der Waals surface area contributed by atoms with Gasteiger partial charge < -0.3 is 10.2 Å². The molecule has 2 aromatic carbocycles. The van der Waals surface area contributed by atoms with Gasteiger partial charge in [0.25, 0.3) is 11.4 Å². The van der Waals surface area contributed by atoms with Crippen LogP contribution in [0.25, 0.3) is 0 Å². The fourth-order valence-electron chi connectivity index (χ4n) is 2.55. The molecule has 1 aliphatic carbocycles. The Morgan fingerprint density at radius 1 is 0.833 bits per heavy atom. The minimum Gasteiger partial charge on any atom is -0.504 e. The third kappa shape index (κ3) is 1.90. The van der Waals surface area contributed by atoms with Crippen molar-refractivity contribution in [3.05, 3.63) is 66.7 Å². The summed E-state index contributed by atoms with van der Waals surface area (Å²) in [4.78, 5) is 45.1. The topological polar surface area (TPSA) is 161 Å². The molecule has 0 radical (unpaired) electrons. The van der Waals surface area contributed by atoms with Gasteiger partial charge in [0, 0.05) is 17.2 Å². The van der Waals surface area contributed by atoms with Gasteiger partial charge in [-0.3, -0.25) is 29.8 Å². The van der Waals surface area contributed by atoms with Crippen LogP contribution in [0.3, 0.4) is 0 Å². The molecule has 0 saturated carbocycles. The average Bonchev–Trinajstić information content (AvgIpc) is 2.53. The first-order chi connectivity index (χ1) is 11.2. The summed E-state index contributed by atoms with van der Waals surface area (Å²) < 4.78 is 0. The highest BCUT2D eigenvalue weighted by atomic mass is 16.6. The Morgan fingerprint density at radius 2 is 1.46 bits per heavy atom. The van der Waals surface area contributed by atoms with E-state index in [0.717, 1.165) is 18.2 Å². The molecule has 0 saturated heterocycles. The molecule has 0 heterocycles. The molecule has 0 amide bonds. The van der Waals surface area contributed by atoms with Crippen LogP contribution in [-0.2, 0) is 0 Å². The van der Waals surface area contributed by atoms with Crippen molar-refractivity contribution < 1.29 is 29.6 Å². The maximum absolute atomic E-state index is 12.5. The summed E-state index contributed by atoms with van der Waals surface area (Å²) in [5.74, 6) is -3.51. The van der Waals surface area contributed by atoms with Crippen molar-refractivity contribution in [2.75, 3.05) is 0 Å². The molecule has 24 heavy (non-hydrogen) atoms. The van der Waals surface area contributed by atoms with E-state index in [0.29, 0.717) is 6.07 Å². The predicted molar refractivity (Wildman–Crippen MR) is 76.4 cm³/mol. The van der Waals surface area contributed by atoms with Crippen molar-refractivity contribution in [1.29, 1.82) is 0 Å². The Kier molecular flexibility index (Phi) is 3.04. The summed E-state index contributed by atoms with van der Waals surface area (Å²) in [5, 5.41) is 41.4. The molecule has 3 rings (SSSR count). The molecule has 10 heteroatoms. The number of phenols is 2. The van der Waals surface area contributed by atoms with Crippen molar-refractivity contribution in [1.82, 2.24) is 0 Å². The lowest BCUT2D eigenvalue weighted by Crippen LogP contribution is -2.22. The maximum atomic E-state index is 12.5. The number of ketones is 2. The Balaban J connectivity index is 2.42. The van der Waals surface area contributed by atoms with E-state index in [9.17, 15) is 40.0 Å². The number of rotatable bonds is 2. The van der Waals surface area contributed by atoms with Crippen molar-refractivity contribution in [3.63, 3.8) is 0 Å². The van der Waals surface area contributed by atoms with Gasteiger partial charge in [-0.1, -0.05) is 0 Å². The molecule has 0 unspecified atom stereocenters. The van der Waals surface area contributed by atoms with Crippen LogP contribution < -0.4 is 0 Å². The second-order valence-electron chi connectivity index (χ2n) is 4.92. The number of nitrogens with zero attached hydrogens (tertiary/aromatic N) is 2. The number of non-ortho nitro benzene ring substituents is 1. The minimum absolute atomic E-state index is 0.334. The van der Waals surface area contributed by atoms with E-state index in [2.05, 4.69) is 0 Å². The van der Waals surface area contributed by atoms with E-state index in [1.807, 2.05) is 0 Å². The average molecular weight is 330 g/mol. The maximum Gasteiger partial charge on any atom is 0.288 e. The fraction of sp³-hybridized carbons (Fsp3) is 0. The first-order valence-corrected chi connectivity index (χ1v) is 6.35. The lowest BCUT2D eigenvalue weighted by Gasteiger charge is -2.18. The summed E-state index contributed by atoms with van der Waals surface area (Å²) in [7, 11) is 0. The van der Waals surface area contributed by atoms with Crippen LogP contribution in [-0.4, -0.2) is 31.6 Å². The molecule has 0 fully saturated rings. The van der Waals surface area contributed by atoms with Crippen molar-refractivity contribution in [2.45, 2.75) is 0 Å². The smallest absolute Gasteiger partial charge is 0.288 e. The van der Waals surface area contributed by atoms with Crippen LogP contribution in [0.5, 0.6) is 11.5 Å². The van der Waals surface area contributed by atoms with Crippen molar-refractivity contribution >= 4 is 22.9 Å². The number of hydrogen-bond donors (Lipinski definition) is 2. The number of hydrogen-bond acceptors (Lipinski definition) is 8. The molecule has 2 N–H and O–H groups in total. The molecular weight excluding hydrogens is 324 g/mol. The van der Waals surface area contributed by atoms with E-state index < -0.39 is 61.0 Å². The third-order valence-corrected chi connectivity index (χ3v) is 3.61. The first-order valence-electron chi connectivity index (χ1n) is 6.35. The van der Waals surface area contributed by atoms with E-state index in [1.54, 1.807) is 0 Å². The van der Waals surface area contributed by atoms with Gasteiger partial charge in [0.15, 0.2) is 17.3 Å². The van der Waals surface area contributed by atoms with Gasteiger partial charge in [-0.2, -0.15) is 0 Å². The van der Waals surface area contributed by atoms with E-state index in [4.69, 9.17) is 0 Å². The molecule has 0 spiro atoms. The van der Waals surface area contributed by atoms with Crippen molar-refractivity contribution in [3.8, 4) is 11.5 Å². The van der Waals surface area contributed by atoms with Gasteiger partial charge >= 0.3 is 0 Å². The van der Waals surface area contributed by atoms with Gasteiger partial charge in [-0.05, 0) is 12.1 Å². The zero-order valence-electron chi connectivity index (χ0n) is 11.5.